The maximum absolute atomic E-state index is 5.97. The molecule has 1 heterocycles. The Morgan fingerprint density at radius 3 is 2.76 bits per heavy atom. The average molecular weight is 252 g/mol. The van der Waals surface area contributed by atoms with Crippen molar-refractivity contribution in [1.82, 2.24) is 5.32 Å². The smallest absolute Gasteiger partial charge is 0.134 e. The van der Waals surface area contributed by atoms with Gasteiger partial charge in [-0.1, -0.05) is 25.4 Å². The number of fused-ring (bicyclic) bond motifs is 1. The molecule has 92 valence electrons. The van der Waals surface area contributed by atoms with E-state index in [0.29, 0.717) is 11.8 Å². The minimum Gasteiger partial charge on any atom is -0.461 e. The first-order valence-electron chi connectivity index (χ1n) is 5.95. The van der Waals surface area contributed by atoms with E-state index in [1.807, 2.05) is 25.2 Å². The number of hydrogen-bond donors (Lipinski definition) is 1. The number of halogens is 1. The van der Waals surface area contributed by atoms with Gasteiger partial charge in [0.25, 0.3) is 0 Å². The predicted octanol–water partition coefficient (Wildman–Crippen LogP) is 4.05. The van der Waals surface area contributed by atoms with E-state index in [0.717, 1.165) is 28.3 Å². The summed E-state index contributed by atoms with van der Waals surface area (Å²) in [5.74, 6) is 1.97. The lowest BCUT2D eigenvalue weighted by molar-refractivity contribution is 0.400. The summed E-state index contributed by atoms with van der Waals surface area (Å²) >= 11 is 5.97. The molecule has 0 saturated heterocycles. The lowest BCUT2D eigenvalue weighted by atomic mass is 9.93. The zero-order valence-corrected chi connectivity index (χ0v) is 11.2. The Morgan fingerprint density at radius 2 is 2.06 bits per heavy atom. The zero-order valence-electron chi connectivity index (χ0n) is 10.5. The van der Waals surface area contributed by atoms with Crippen LogP contribution in [-0.2, 0) is 0 Å². The minimum absolute atomic E-state index is 0.397. The summed E-state index contributed by atoms with van der Waals surface area (Å²) in [6.07, 6.45) is 0. The quantitative estimate of drug-likeness (QED) is 0.887. The second-order valence-electron chi connectivity index (χ2n) is 4.65. The fourth-order valence-corrected chi connectivity index (χ4v) is 2.22. The van der Waals surface area contributed by atoms with Crippen LogP contribution in [0.25, 0.3) is 11.0 Å². The molecule has 17 heavy (non-hydrogen) atoms. The van der Waals surface area contributed by atoms with Crippen molar-refractivity contribution in [1.29, 1.82) is 0 Å². The number of rotatable bonds is 4. The third kappa shape index (κ3) is 2.64. The van der Waals surface area contributed by atoms with Crippen LogP contribution in [0.1, 0.15) is 25.5 Å². The van der Waals surface area contributed by atoms with Crippen molar-refractivity contribution in [2.24, 2.45) is 5.92 Å². The standard InChI is InChI=1S/C14H18ClNO/c1-9(8-16-3)10(2)14-7-11-6-12(15)4-5-13(11)17-14/h4-7,9-10,16H,8H2,1-3H3. The van der Waals surface area contributed by atoms with Gasteiger partial charge in [0, 0.05) is 16.3 Å². The Hall–Kier alpha value is -0.990. The molecular weight excluding hydrogens is 234 g/mol. The van der Waals surface area contributed by atoms with Crippen LogP contribution in [0.5, 0.6) is 0 Å². The highest BCUT2D eigenvalue weighted by Crippen LogP contribution is 2.30. The topological polar surface area (TPSA) is 25.2 Å². The fourth-order valence-electron chi connectivity index (χ4n) is 2.04. The Morgan fingerprint density at radius 1 is 1.29 bits per heavy atom. The highest BCUT2D eigenvalue weighted by molar-refractivity contribution is 6.31. The highest BCUT2D eigenvalue weighted by atomic mass is 35.5. The van der Waals surface area contributed by atoms with Crippen LogP contribution < -0.4 is 5.32 Å². The summed E-state index contributed by atoms with van der Waals surface area (Å²) in [5, 5.41) is 5.03. The molecule has 2 rings (SSSR count). The van der Waals surface area contributed by atoms with Gasteiger partial charge in [0.15, 0.2) is 0 Å². The molecule has 0 amide bonds. The van der Waals surface area contributed by atoms with Gasteiger partial charge >= 0.3 is 0 Å². The van der Waals surface area contributed by atoms with E-state index in [-0.39, 0.29) is 0 Å². The van der Waals surface area contributed by atoms with Crippen LogP contribution in [0.2, 0.25) is 5.02 Å². The second kappa shape index (κ2) is 5.11. The number of benzene rings is 1. The summed E-state index contributed by atoms with van der Waals surface area (Å²) in [6, 6.07) is 7.83. The molecule has 1 aromatic heterocycles. The maximum atomic E-state index is 5.97. The summed E-state index contributed by atoms with van der Waals surface area (Å²) in [5.41, 5.74) is 0.910. The molecule has 0 aliphatic rings. The van der Waals surface area contributed by atoms with Gasteiger partial charge in [-0.25, -0.2) is 0 Å². The Balaban J connectivity index is 2.29. The van der Waals surface area contributed by atoms with Gasteiger partial charge in [0.1, 0.15) is 11.3 Å². The number of nitrogens with one attached hydrogen (secondary N) is 1. The molecule has 0 saturated carbocycles. The summed E-state index contributed by atoms with van der Waals surface area (Å²) < 4.78 is 5.87. The van der Waals surface area contributed by atoms with Crippen molar-refractivity contribution in [3.63, 3.8) is 0 Å². The molecule has 0 fully saturated rings. The molecule has 0 aliphatic carbocycles. The molecule has 2 aromatic rings. The van der Waals surface area contributed by atoms with E-state index >= 15 is 0 Å². The van der Waals surface area contributed by atoms with Crippen LogP contribution in [0.3, 0.4) is 0 Å². The molecular formula is C14H18ClNO. The van der Waals surface area contributed by atoms with Crippen molar-refractivity contribution in [2.75, 3.05) is 13.6 Å². The van der Waals surface area contributed by atoms with Crippen molar-refractivity contribution in [2.45, 2.75) is 19.8 Å². The molecule has 0 aliphatic heterocycles. The van der Waals surface area contributed by atoms with E-state index < -0.39 is 0 Å². The molecule has 1 aromatic carbocycles. The summed E-state index contributed by atoms with van der Waals surface area (Å²) in [7, 11) is 1.97. The van der Waals surface area contributed by atoms with Gasteiger partial charge < -0.3 is 9.73 Å². The normalized spacial score (nSPS) is 15.1. The van der Waals surface area contributed by atoms with E-state index in [4.69, 9.17) is 16.0 Å². The van der Waals surface area contributed by atoms with Crippen LogP contribution in [0.4, 0.5) is 0 Å². The van der Waals surface area contributed by atoms with Crippen LogP contribution >= 0.6 is 11.6 Å². The van der Waals surface area contributed by atoms with E-state index in [2.05, 4.69) is 25.2 Å². The molecule has 0 spiro atoms. The SMILES string of the molecule is CNCC(C)C(C)c1cc2cc(Cl)ccc2o1. The molecule has 1 N–H and O–H groups in total. The second-order valence-corrected chi connectivity index (χ2v) is 5.09. The Kier molecular flexibility index (Phi) is 3.75. The van der Waals surface area contributed by atoms with E-state index in [1.54, 1.807) is 0 Å². The highest BCUT2D eigenvalue weighted by Gasteiger charge is 2.17. The summed E-state index contributed by atoms with van der Waals surface area (Å²) in [4.78, 5) is 0. The Bertz CT molecular complexity index is 506. The predicted molar refractivity (Wildman–Crippen MR) is 72.7 cm³/mol. The third-order valence-corrected chi connectivity index (χ3v) is 3.56. The third-order valence-electron chi connectivity index (χ3n) is 3.33. The van der Waals surface area contributed by atoms with Crippen LogP contribution in [0.15, 0.2) is 28.7 Å². The Labute approximate surface area is 107 Å². The van der Waals surface area contributed by atoms with Gasteiger partial charge in [-0.3, -0.25) is 0 Å². The summed E-state index contributed by atoms with van der Waals surface area (Å²) in [6.45, 7) is 5.40. The molecule has 2 unspecified atom stereocenters. The zero-order chi connectivity index (χ0) is 12.4. The molecule has 2 nitrogen and oxygen atoms in total. The maximum Gasteiger partial charge on any atom is 0.134 e. The molecule has 0 radical (unpaired) electrons. The lowest BCUT2D eigenvalue weighted by Gasteiger charge is -2.16. The van der Waals surface area contributed by atoms with Gasteiger partial charge in [-0.05, 0) is 43.8 Å². The van der Waals surface area contributed by atoms with Gasteiger partial charge in [-0.2, -0.15) is 0 Å². The fraction of sp³-hybridized carbons (Fsp3) is 0.429. The first-order valence-corrected chi connectivity index (χ1v) is 6.33. The molecule has 2 atom stereocenters. The van der Waals surface area contributed by atoms with Crippen molar-refractivity contribution < 1.29 is 4.42 Å². The molecule has 0 bridgehead atoms. The van der Waals surface area contributed by atoms with Gasteiger partial charge in [0.05, 0.1) is 0 Å². The largest absolute Gasteiger partial charge is 0.461 e. The molecule has 3 heteroatoms. The van der Waals surface area contributed by atoms with Crippen LogP contribution in [-0.4, -0.2) is 13.6 Å². The first-order chi connectivity index (χ1) is 8.11. The minimum atomic E-state index is 0.397. The van der Waals surface area contributed by atoms with Gasteiger partial charge in [-0.15, -0.1) is 0 Å². The van der Waals surface area contributed by atoms with Crippen LogP contribution in [0, 0.1) is 5.92 Å². The van der Waals surface area contributed by atoms with Crippen molar-refractivity contribution in [3.8, 4) is 0 Å². The van der Waals surface area contributed by atoms with E-state index in [9.17, 15) is 0 Å². The first kappa shape index (κ1) is 12.5. The van der Waals surface area contributed by atoms with E-state index in [1.165, 1.54) is 0 Å². The van der Waals surface area contributed by atoms with Crippen molar-refractivity contribution in [3.05, 3.63) is 35.0 Å². The van der Waals surface area contributed by atoms with Gasteiger partial charge in [0.2, 0.25) is 0 Å². The lowest BCUT2D eigenvalue weighted by Crippen LogP contribution is -2.20. The monoisotopic (exact) mass is 251 g/mol. The number of hydrogen-bond acceptors (Lipinski definition) is 2. The van der Waals surface area contributed by atoms with Crippen molar-refractivity contribution >= 4 is 22.6 Å². The number of furan rings is 1. The average Bonchev–Trinajstić information content (AvgIpc) is 2.71.